The van der Waals surface area contributed by atoms with Crippen LogP contribution in [0, 0.1) is 13.8 Å². The van der Waals surface area contributed by atoms with Crippen LogP contribution in [-0.4, -0.2) is 31.6 Å². The standard InChI is InChI=1S/C21H28N2O4S/c1-6-17(4)23(21(24)22-20-15(2)9-7-10-16(20)3)14-18-11-8-12-19(13-18)27-28(5,25)26/h7-13,17H,6,14H2,1-5H3,(H,22,24)/t17-/m0/s1. The van der Waals surface area contributed by atoms with E-state index in [9.17, 15) is 13.2 Å². The van der Waals surface area contributed by atoms with E-state index in [1.807, 2.05) is 52.0 Å². The molecule has 6 nitrogen and oxygen atoms in total. The fourth-order valence-corrected chi connectivity index (χ4v) is 3.36. The molecule has 152 valence electrons. The Kier molecular flexibility index (Phi) is 7.07. The number of carbonyl (C=O) groups excluding carboxylic acids is 1. The number of rotatable bonds is 7. The summed E-state index contributed by atoms with van der Waals surface area (Å²) in [6, 6.07) is 12.5. The third-order valence-electron chi connectivity index (χ3n) is 4.60. The lowest BCUT2D eigenvalue weighted by Gasteiger charge is -2.29. The lowest BCUT2D eigenvalue weighted by atomic mass is 10.1. The molecule has 1 atom stereocenters. The van der Waals surface area contributed by atoms with E-state index in [-0.39, 0.29) is 17.8 Å². The van der Waals surface area contributed by atoms with Crippen LogP contribution in [0.1, 0.15) is 37.0 Å². The number of hydrogen-bond acceptors (Lipinski definition) is 4. The first-order valence-electron chi connectivity index (χ1n) is 9.23. The Morgan fingerprint density at radius 2 is 1.75 bits per heavy atom. The molecule has 2 aromatic carbocycles. The summed E-state index contributed by atoms with van der Waals surface area (Å²) in [4.78, 5) is 14.8. The van der Waals surface area contributed by atoms with Crippen molar-refractivity contribution in [3.63, 3.8) is 0 Å². The number of aryl methyl sites for hydroxylation is 2. The first-order valence-corrected chi connectivity index (χ1v) is 11.0. The summed E-state index contributed by atoms with van der Waals surface area (Å²) >= 11 is 0. The first-order chi connectivity index (χ1) is 13.1. The lowest BCUT2D eigenvalue weighted by molar-refractivity contribution is 0.187. The van der Waals surface area contributed by atoms with E-state index in [4.69, 9.17) is 4.18 Å². The minimum atomic E-state index is -3.60. The second-order valence-electron chi connectivity index (χ2n) is 7.02. The molecule has 1 N–H and O–H groups in total. The number of carbonyl (C=O) groups is 1. The second kappa shape index (κ2) is 9.10. The Morgan fingerprint density at radius 3 is 2.32 bits per heavy atom. The zero-order valence-electron chi connectivity index (χ0n) is 17.0. The van der Waals surface area contributed by atoms with Crippen molar-refractivity contribution in [2.75, 3.05) is 11.6 Å². The number of urea groups is 1. The fraction of sp³-hybridized carbons (Fsp3) is 0.381. The molecule has 28 heavy (non-hydrogen) atoms. The molecule has 0 aliphatic rings. The summed E-state index contributed by atoms with van der Waals surface area (Å²) < 4.78 is 27.7. The SMILES string of the molecule is CC[C@H](C)N(Cc1cccc(OS(C)(=O)=O)c1)C(=O)Nc1c(C)cccc1C. The zero-order chi connectivity index (χ0) is 20.9. The summed E-state index contributed by atoms with van der Waals surface area (Å²) in [5.74, 6) is 0.235. The molecule has 2 amide bonds. The fourth-order valence-electron chi connectivity index (χ4n) is 2.91. The van der Waals surface area contributed by atoms with Gasteiger partial charge in [-0.15, -0.1) is 0 Å². The average Bonchev–Trinajstić information content (AvgIpc) is 2.61. The lowest BCUT2D eigenvalue weighted by Crippen LogP contribution is -2.40. The molecule has 2 rings (SSSR count). The van der Waals surface area contributed by atoms with E-state index in [2.05, 4.69) is 5.32 Å². The molecular weight excluding hydrogens is 376 g/mol. The topological polar surface area (TPSA) is 75.7 Å². The van der Waals surface area contributed by atoms with Crippen molar-refractivity contribution in [3.8, 4) is 5.75 Å². The van der Waals surface area contributed by atoms with Gasteiger partial charge in [-0.05, 0) is 56.0 Å². The van der Waals surface area contributed by atoms with E-state index in [0.717, 1.165) is 35.1 Å². The number of benzene rings is 2. The van der Waals surface area contributed by atoms with Gasteiger partial charge in [0, 0.05) is 18.3 Å². The van der Waals surface area contributed by atoms with Gasteiger partial charge in [0.15, 0.2) is 0 Å². The van der Waals surface area contributed by atoms with E-state index in [0.29, 0.717) is 6.54 Å². The van der Waals surface area contributed by atoms with Crippen LogP contribution in [-0.2, 0) is 16.7 Å². The van der Waals surface area contributed by atoms with Crippen molar-refractivity contribution < 1.29 is 17.4 Å². The van der Waals surface area contributed by atoms with Crippen molar-refractivity contribution in [1.82, 2.24) is 4.90 Å². The Balaban J connectivity index is 2.25. The maximum absolute atomic E-state index is 13.0. The molecule has 0 heterocycles. The van der Waals surface area contributed by atoms with Crippen LogP contribution >= 0.6 is 0 Å². The maximum Gasteiger partial charge on any atom is 0.322 e. The van der Waals surface area contributed by atoms with E-state index >= 15 is 0 Å². The molecule has 0 aliphatic heterocycles. The van der Waals surface area contributed by atoms with Gasteiger partial charge < -0.3 is 14.4 Å². The largest absolute Gasteiger partial charge is 0.383 e. The van der Waals surface area contributed by atoms with Gasteiger partial charge in [-0.3, -0.25) is 0 Å². The number of amides is 2. The molecule has 0 fully saturated rings. The summed E-state index contributed by atoms with van der Waals surface area (Å²) in [5.41, 5.74) is 3.61. The highest BCUT2D eigenvalue weighted by atomic mass is 32.2. The predicted octanol–water partition coefficient (Wildman–Crippen LogP) is 4.47. The Labute approximate surface area is 167 Å². The monoisotopic (exact) mass is 404 g/mol. The molecule has 2 aromatic rings. The minimum Gasteiger partial charge on any atom is -0.383 e. The smallest absolute Gasteiger partial charge is 0.322 e. The van der Waals surface area contributed by atoms with E-state index in [1.54, 1.807) is 23.1 Å². The van der Waals surface area contributed by atoms with Crippen molar-refractivity contribution >= 4 is 21.8 Å². The van der Waals surface area contributed by atoms with Crippen molar-refractivity contribution in [1.29, 1.82) is 0 Å². The normalized spacial score (nSPS) is 12.3. The van der Waals surface area contributed by atoms with Crippen LogP contribution in [0.2, 0.25) is 0 Å². The Hall–Kier alpha value is -2.54. The number of nitrogens with one attached hydrogen (secondary N) is 1. The van der Waals surface area contributed by atoms with Gasteiger partial charge in [0.1, 0.15) is 5.75 Å². The first kappa shape index (κ1) is 21.8. The third-order valence-corrected chi connectivity index (χ3v) is 5.09. The molecule has 7 heteroatoms. The minimum absolute atomic E-state index is 0.00352. The predicted molar refractivity (Wildman–Crippen MR) is 112 cm³/mol. The molecular formula is C21H28N2O4S. The third kappa shape index (κ3) is 5.99. The summed E-state index contributed by atoms with van der Waals surface area (Å²) in [6.07, 6.45) is 1.79. The van der Waals surface area contributed by atoms with E-state index in [1.165, 1.54) is 0 Å². The quantitative estimate of drug-likeness (QED) is 0.691. The van der Waals surface area contributed by atoms with Crippen LogP contribution in [0.15, 0.2) is 42.5 Å². The molecule has 0 saturated heterocycles. The average molecular weight is 405 g/mol. The van der Waals surface area contributed by atoms with Crippen molar-refractivity contribution in [2.45, 2.75) is 46.7 Å². The molecule has 0 aromatic heterocycles. The highest BCUT2D eigenvalue weighted by Crippen LogP contribution is 2.22. The molecule has 0 radical (unpaired) electrons. The number of para-hydroxylation sites is 1. The van der Waals surface area contributed by atoms with Gasteiger partial charge in [-0.1, -0.05) is 37.3 Å². The van der Waals surface area contributed by atoms with Crippen LogP contribution in [0.5, 0.6) is 5.75 Å². The maximum atomic E-state index is 13.0. The molecule has 0 saturated carbocycles. The Bertz CT molecular complexity index is 921. The van der Waals surface area contributed by atoms with Gasteiger partial charge in [0.2, 0.25) is 0 Å². The van der Waals surface area contributed by atoms with E-state index < -0.39 is 10.1 Å². The highest BCUT2D eigenvalue weighted by molar-refractivity contribution is 7.86. The van der Waals surface area contributed by atoms with Gasteiger partial charge in [0.25, 0.3) is 0 Å². The molecule has 0 unspecified atom stereocenters. The summed E-state index contributed by atoms with van der Waals surface area (Å²) in [6.45, 7) is 8.27. The van der Waals surface area contributed by atoms with Gasteiger partial charge in [-0.25, -0.2) is 4.79 Å². The summed E-state index contributed by atoms with van der Waals surface area (Å²) in [5, 5.41) is 3.03. The van der Waals surface area contributed by atoms with Crippen LogP contribution in [0.4, 0.5) is 10.5 Å². The van der Waals surface area contributed by atoms with Gasteiger partial charge in [0.05, 0.1) is 6.26 Å². The Morgan fingerprint density at radius 1 is 1.14 bits per heavy atom. The number of nitrogens with zero attached hydrogens (tertiary/aromatic N) is 1. The van der Waals surface area contributed by atoms with Crippen molar-refractivity contribution in [2.24, 2.45) is 0 Å². The van der Waals surface area contributed by atoms with Gasteiger partial charge in [-0.2, -0.15) is 8.42 Å². The molecule has 0 spiro atoms. The van der Waals surface area contributed by atoms with Gasteiger partial charge >= 0.3 is 16.1 Å². The zero-order valence-corrected chi connectivity index (χ0v) is 17.8. The number of hydrogen-bond donors (Lipinski definition) is 1. The summed E-state index contributed by atoms with van der Waals surface area (Å²) in [7, 11) is -3.60. The highest BCUT2D eigenvalue weighted by Gasteiger charge is 2.21. The molecule has 0 aliphatic carbocycles. The molecule has 0 bridgehead atoms. The van der Waals surface area contributed by atoms with Crippen LogP contribution in [0.3, 0.4) is 0 Å². The number of anilines is 1. The van der Waals surface area contributed by atoms with Crippen LogP contribution < -0.4 is 9.50 Å². The second-order valence-corrected chi connectivity index (χ2v) is 8.59. The van der Waals surface area contributed by atoms with Crippen molar-refractivity contribution in [3.05, 3.63) is 59.2 Å². The van der Waals surface area contributed by atoms with Crippen LogP contribution in [0.25, 0.3) is 0 Å².